The van der Waals surface area contributed by atoms with Crippen LogP contribution in [0.15, 0.2) is 55.1 Å². The van der Waals surface area contributed by atoms with Gasteiger partial charge in [-0.1, -0.05) is 18.7 Å². The van der Waals surface area contributed by atoms with Crippen LogP contribution in [0.4, 0.5) is 11.4 Å². The number of nitrogens with zero attached hydrogens (tertiary/aromatic N) is 1. The SMILES string of the molecule is C=CCOc1ccc(NC(=O)CN(c2cc(C)ccc2OC)S(C)(=O)=O)cc1. The van der Waals surface area contributed by atoms with E-state index in [0.29, 0.717) is 29.5 Å². The summed E-state index contributed by atoms with van der Waals surface area (Å²) in [4.78, 5) is 12.5. The molecule has 0 atom stereocenters. The van der Waals surface area contributed by atoms with Crippen LogP contribution in [0.5, 0.6) is 11.5 Å². The molecule has 0 aromatic heterocycles. The fraction of sp³-hybridized carbons (Fsp3) is 0.250. The molecule has 0 radical (unpaired) electrons. The van der Waals surface area contributed by atoms with Gasteiger partial charge in [-0.2, -0.15) is 0 Å². The van der Waals surface area contributed by atoms with Gasteiger partial charge in [0.25, 0.3) is 0 Å². The highest BCUT2D eigenvalue weighted by Crippen LogP contribution is 2.31. The standard InChI is InChI=1S/C20H24N2O5S/c1-5-12-27-17-9-7-16(8-10-17)21-20(23)14-22(28(4,24)25)18-13-15(2)6-11-19(18)26-3/h5-11,13H,1,12,14H2,2-4H3,(H,21,23). The monoisotopic (exact) mass is 404 g/mol. The smallest absolute Gasteiger partial charge is 0.245 e. The van der Waals surface area contributed by atoms with Crippen molar-refractivity contribution >= 4 is 27.3 Å². The van der Waals surface area contributed by atoms with E-state index in [2.05, 4.69) is 11.9 Å². The number of nitrogens with one attached hydrogen (secondary N) is 1. The predicted molar refractivity (Wildman–Crippen MR) is 111 cm³/mol. The highest BCUT2D eigenvalue weighted by atomic mass is 32.2. The van der Waals surface area contributed by atoms with Crippen molar-refractivity contribution in [3.63, 3.8) is 0 Å². The molecule has 0 saturated carbocycles. The lowest BCUT2D eigenvalue weighted by atomic mass is 10.2. The van der Waals surface area contributed by atoms with Crippen molar-refractivity contribution in [2.24, 2.45) is 0 Å². The summed E-state index contributed by atoms with van der Waals surface area (Å²) < 4.78 is 36.3. The third kappa shape index (κ3) is 5.75. The maximum Gasteiger partial charge on any atom is 0.245 e. The van der Waals surface area contributed by atoms with Crippen LogP contribution >= 0.6 is 0 Å². The summed E-state index contributed by atoms with van der Waals surface area (Å²) in [5.74, 6) is 0.529. The zero-order valence-electron chi connectivity index (χ0n) is 16.1. The van der Waals surface area contributed by atoms with E-state index in [1.807, 2.05) is 6.92 Å². The van der Waals surface area contributed by atoms with Gasteiger partial charge in [-0.05, 0) is 48.9 Å². The number of methoxy groups -OCH3 is 1. The molecule has 0 unspecified atom stereocenters. The number of hydrogen-bond acceptors (Lipinski definition) is 5. The molecule has 1 amide bonds. The van der Waals surface area contributed by atoms with Gasteiger partial charge in [0.05, 0.1) is 19.1 Å². The summed E-state index contributed by atoms with van der Waals surface area (Å²) in [6.07, 6.45) is 2.68. The van der Waals surface area contributed by atoms with Gasteiger partial charge in [0.15, 0.2) is 0 Å². The Labute approximate surface area is 165 Å². The van der Waals surface area contributed by atoms with Gasteiger partial charge in [-0.15, -0.1) is 0 Å². The van der Waals surface area contributed by atoms with E-state index in [1.54, 1.807) is 48.5 Å². The molecule has 0 aliphatic heterocycles. The summed E-state index contributed by atoms with van der Waals surface area (Å²) in [5, 5.41) is 2.69. The predicted octanol–water partition coefficient (Wildman–Crippen LogP) is 2.97. The Hall–Kier alpha value is -3.00. The molecule has 0 aliphatic rings. The lowest BCUT2D eigenvalue weighted by Gasteiger charge is -2.24. The first-order chi connectivity index (χ1) is 13.2. The van der Waals surface area contributed by atoms with E-state index in [9.17, 15) is 13.2 Å². The zero-order chi connectivity index (χ0) is 20.7. The van der Waals surface area contributed by atoms with Crippen LogP contribution in [0.3, 0.4) is 0 Å². The highest BCUT2D eigenvalue weighted by molar-refractivity contribution is 7.92. The van der Waals surface area contributed by atoms with Gasteiger partial charge >= 0.3 is 0 Å². The van der Waals surface area contributed by atoms with Crippen molar-refractivity contribution in [2.75, 3.05) is 36.1 Å². The molecule has 28 heavy (non-hydrogen) atoms. The van der Waals surface area contributed by atoms with Crippen LogP contribution in [-0.4, -0.2) is 40.8 Å². The Morgan fingerprint density at radius 2 is 1.89 bits per heavy atom. The molecule has 7 nitrogen and oxygen atoms in total. The van der Waals surface area contributed by atoms with Crippen LogP contribution in [0.2, 0.25) is 0 Å². The number of benzene rings is 2. The summed E-state index contributed by atoms with van der Waals surface area (Å²) in [5.41, 5.74) is 1.69. The lowest BCUT2D eigenvalue weighted by molar-refractivity contribution is -0.114. The number of sulfonamides is 1. The molecule has 8 heteroatoms. The Morgan fingerprint density at radius 3 is 2.46 bits per heavy atom. The second kappa shape index (κ2) is 9.27. The summed E-state index contributed by atoms with van der Waals surface area (Å²) in [7, 11) is -2.26. The first-order valence-electron chi connectivity index (χ1n) is 8.50. The topological polar surface area (TPSA) is 84.9 Å². The molecular formula is C20H24N2O5S. The van der Waals surface area contributed by atoms with Crippen LogP contribution in [0.25, 0.3) is 0 Å². The Kier molecular flexibility index (Phi) is 7.06. The van der Waals surface area contributed by atoms with Crippen LogP contribution in [0.1, 0.15) is 5.56 Å². The molecule has 0 aliphatic carbocycles. The van der Waals surface area contributed by atoms with Gasteiger partial charge in [0.1, 0.15) is 24.7 Å². The average Bonchev–Trinajstić information content (AvgIpc) is 2.64. The van der Waals surface area contributed by atoms with Crippen molar-refractivity contribution in [3.8, 4) is 11.5 Å². The van der Waals surface area contributed by atoms with Gasteiger partial charge in [0, 0.05) is 5.69 Å². The average molecular weight is 404 g/mol. The van der Waals surface area contributed by atoms with Crippen molar-refractivity contribution < 1.29 is 22.7 Å². The molecule has 1 N–H and O–H groups in total. The summed E-state index contributed by atoms with van der Waals surface area (Å²) >= 11 is 0. The van der Waals surface area contributed by atoms with Crippen molar-refractivity contribution in [1.29, 1.82) is 0 Å². The molecule has 150 valence electrons. The quantitative estimate of drug-likeness (QED) is 0.650. The van der Waals surface area contributed by atoms with Crippen molar-refractivity contribution in [2.45, 2.75) is 6.92 Å². The number of carbonyl (C=O) groups is 1. The molecule has 0 heterocycles. The number of hydrogen-bond donors (Lipinski definition) is 1. The third-order valence-corrected chi connectivity index (χ3v) is 4.92. The third-order valence-electron chi connectivity index (χ3n) is 3.80. The van der Waals surface area contributed by atoms with Crippen molar-refractivity contribution in [3.05, 3.63) is 60.7 Å². The number of carbonyl (C=O) groups excluding carboxylic acids is 1. The number of aryl methyl sites for hydroxylation is 1. The highest BCUT2D eigenvalue weighted by Gasteiger charge is 2.24. The largest absolute Gasteiger partial charge is 0.495 e. The van der Waals surface area contributed by atoms with Gasteiger partial charge in [0.2, 0.25) is 15.9 Å². The number of rotatable bonds is 9. The lowest BCUT2D eigenvalue weighted by Crippen LogP contribution is -2.37. The molecule has 0 fully saturated rings. The number of ether oxygens (including phenoxy) is 2. The molecule has 0 bridgehead atoms. The molecule has 0 saturated heterocycles. The normalized spacial score (nSPS) is 10.8. The summed E-state index contributed by atoms with van der Waals surface area (Å²) in [6.45, 7) is 5.41. The zero-order valence-corrected chi connectivity index (χ0v) is 17.0. The van der Waals surface area contributed by atoms with E-state index < -0.39 is 15.9 Å². The van der Waals surface area contributed by atoms with Gasteiger partial charge in [-0.25, -0.2) is 8.42 Å². The second-order valence-electron chi connectivity index (χ2n) is 6.12. The van der Waals surface area contributed by atoms with E-state index in [4.69, 9.17) is 9.47 Å². The fourth-order valence-corrected chi connectivity index (χ4v) is 3.35. The Bertz CT molecular complexity index is 940. The van der Waals surface area contributed by atoms with E-state index in [1.165, 1.54) is 7.11 Å². The number of anilines is 2. The fourth-order valence-electron chi connectivity index (χ4n) is 2.50. The maximum absolute atomic E-state index is 12.5. The first kappa shape index (κ1) is 21.3. The molecular weight excluding hydrogens is 380 g/mol. The van der Waals surface area contributed by atoms with Gasteiger partial charge < -0.3 is 14.8 Å². The first-order valence-corrected chi connectivity index (χ1v) is 10.4. The van der Waals surface area contributed by atoms with Crippen LogP contribution in [0, 0.1) is 6.92 Å². The van der Waals surface area contributed by atoms with E-state index in [-0.39, 0.29) is 6.54 Å². The van der Waals surface area contributed by atoms with Crippen LogP contribution in [-0.2, 0) is 14.8 Å². The maximum atomic E-state index is 12.5. The Balaban J connectivity index is 2.18. The Morgan fingerprint density at radius 1 is 1.21 bits per heavy atom. The van der Waals surface area contributed by atoms with Crippen molar-refractivity contribution in [1.82, 2.24) is 0 Å². The van der Waals surface area contributed by atoms with Crippen LogP contribution < -0.4 is 19.1 Å². The molecule has 0 spiro atoms. The van der Waals surface area contributed by atoms with E-state index in [0.717, 1.165) is 16.1 Å². The minimum absolute atomic E-state index is 0.313. The summed E-state index contributed by atoms with van der Waals surface area (Å²) in [6, 6.07) is 11.9. The molecule has 2 rings (SSSR count). The number of amides is 1. The minimum atomic E-state index is -3.71. The van der Waals surface area contributed by atoms with E-state index >= 15 is 0 Å². The molecule has 2 aromatic rings. The second-order valence-corrected chi connectivity index (χ2v) is 8.02. The van der Waals surface area contributed by atoms with Gasteiger partial charge in [-0.3, -0.25) is 9.10 Å². The molecule has 2 aromatic carbocycles. The minimum Gasteiger partial charge on any atom is -0.495 e.